The number of hydrogen-bond acceptors (Lipinski definition) is 4. The van der Waals surface area contributed by atoms with Crippen molar-refractivity contribution < 1.29 is 14.9 Å². The quantitative estimate of drug-likeness (QED) is 0.741. The Hall–Kier alpha value is -1.13. The van der Waals surface area contributed by atoms with Gasteiger partial charge < -0.3 is 14.9 Å². The molecular formula is C12H19NO3. The molecule has 0 spiro atoms. The van der Waals surface area contributed by atoms with E-state index in [1.54, 1.807) is 18.5 Å². The van der Waals surface area contributed by atoms with Crippen molar-refractivity contribution in [3.63, 3.8) is 0 Å². The van der Waals surface area contributed by atoms with Crippen molar-refractivity contribution in [3.8, 4) is 5.75 Å². The van der Waals surface area contributed by atoms with Crippen LogP contribution in [0.3, 0.4) is 0 Å². The Morgan fingerprint density at radius 2 is 2.25 bits per heavy atom. The highest BCUT2D eigenvalue weighted by Crippen LogP contribution is 2.21. The molecule has 1 aromatic heterocycles. The molecule has 1 rings (SSSR count). The molecule has 0 aromatic carbocycles. The Kier molecular flexibility index (Phi) is 5.82. The molecule has 0 fully saturated rings. The lowest BCUT2D eigenvalue weighted by Crippen LogP contribution is -2.01. The Labute approximate surface area is 95.9 Å². The molecule has 0 aliphatic carbocycles. The van der Waals surface area contributed by atoms with Gasteiger partial charge in [-0.3, -0.25) is 4.98 Å². The lowest BCUT2D eigenvalue weighted by atomic mass is 10.1. The average molecular weight is 225 g/mol. The number of nitrogens with zero attached hydrogens (tertiary/aromatic N) is 1. The van der Waals surface area contributed by atoms with E-state index in [0.717, 1.165) is 12.0 Å². The molecule has 0 saturated carbocycles. The Morgan fingerprint density at radius 3 is 2.94 bits per heavy atom. The van der Waals surface area contributed by atoms with Gasteiger partial charge in [-0.15, -0.1) is 0 Å². The largest absolute Gasteiger partial charge is 0.492 e. The minimum absolute atomic E-state index is 0.0938. The summed E-state index contributed by atoms with van der Waals surface area (Å²) in [5.74, 6) is 0.683. The van der Waals surface area contributed by atoms with Gasteiger partial charge in [0.15, 0.2) is 0 Å². The van der Waals surface area contributed by atoms with E-state index in [4.69, 9.17) is 9.84 Å². The molecule has 0 bridgehead atoms. The van der Waals surface area contributed by atoms with E-state index in [9.17, 15) is 5.11 Å². The number of rotatable bonds is 7. The summed E-state index contributed by atoms with van der Waals surface area (Å²) in [6.07, 6.45) is 4.75. The fourth-order valence-electron chi connectivity index (χ4n) is 1.37. The molecule has 90 valence electrons. The second-order valence-corrected chi connectivity index (χ2v) is 3.68. The molecule has 1 atom stereocenters. The smallest absolute Gasteiger partial charge is 0.137 e. The number of aliphatic hydroxyl groups is 2. The molecule has 2 N–H and O–H groups in total. The van der Waals surface area contributed by atoms with E-state index in [1.165, 1.54) is 0 Å². The van der Waals surface area contributed by atoms with Crippen LogP contribution in [-0.4, -0.2) is 28.4 Å². The lowest BCUT2D eigenvalue weighted by Gasteiger charge is -2.11. The summed E-state index contributed by atoms with van der Waals surface area (Å²) in [5.41, 5.74) is 0.738. The third-order valence-corrected chi connectivity index (χ3v) is 2.23. The topological polar surface area (TPSA) is 62.6 Å². The zero-order valence-electron chi connectivity index (χ0n) is 9.59. The van der Waals surface area contributed by atoms with Crippen LogP contribution in [0.1, 0.15) is 37.9 Å². The number of aromatic nitrogens is 1. The minimum atomic E-state index is -0.579. The molecule has 1 heterocycles. The highest BCUT2D eigenvalue weighted by Gasteiger charge is 2.08. The van der Waals surface area contributed by atoms with Crippen molar-refractivity contribution in [2.75, 3.05) is 13.2 Å². The zero-order chi connectivity index (χ0) is 11.8. The number of aliphatic hydroxyl groups excluding tert-OH is 2. The molecule has 1 aromatic rings. The number of pyridine rings is 1. The van der Waals surface area contributed by atoms with E-state index in [1.807, 2.05) is 6.92 Å². The lowest BCUT2D eigenvalue weighted by molar-refractivity contribution is 0.151. The molecule has 16 heavy (non-hydrogen) atoms. The number of hydrogen-bond donors (Lipinski definition) is 2. The van der Waals surface area contributed by atoms with Gasteiger partial charge in [0.05, 0.1) is 18.9 Å². The van der Waals surface area contributed by atoms with E-state index in [0.29, 0.717) is 25.2 Å². The third-order valence-electron chi connectivity index (χ3n) is 2.23. The van der Waals surface area contributed by atoms with Gasteiger partial charge in [0.1, 0.15) is 5.75 Å². The molecule has 0 aliphatic rings. The SMILES string of the molecule is CCCOc1cncc(C(O)CCCO)c1. The highest BCUT2D eigenvalue weighted by molar-refractivity contribution is 5.25. The molecule has 0 radical (unpaired) electrons. The second-order valence-electron chi connectivity index (χ2n) is 3.68. The van der Waals surface area contributed by atoms with Gasteiger partial charge in [-0.2, -0.15) is 0 Å². The summed E-state index contributed by atoms with van der Waals surface area (Å²) in [5, 5.41) is 18.5. The molecule has 1 unspecified atom stereocenters. The third kappa shape index (κ3) is 4.16. The van der Waals surface area contributed by atoms with Gasteiger partial charge >= 0.3 is 0 Å². The van der Waals surface area contributed by atoms with Crippen molar-refractivity contribution in [3.05, 3.63) is 24.0 Å². The van der Waals surface area contributed by atoms with Crippen LogP contribution >= 0.6 is 0 Å². The fourth-order valence-corrected chi connectivity index (χ4v) is 1.37. The first-order valence-electron chi connectivity index (χ1n) is 5.64. The van der Waals surface area contributed by atoms with E-state index < -0.39 is 6.10 Å². The summed E-state index contributed by atoms with van der Waals surface area (Å²) in [6, 6.07) is 1.80. The molecule has 4 nitrogen and oxygen atoms in total. The summed E-state index contributed by atoms with van der Waals surface area (Å²) in [4.78, 5) is 4.02. The molecule has 0 amide bonds. The van der Waals surface area contributed by atoms with Crippen LogP contribution in [0, 0.1) is 0 Å². The first-order chi connectivity index (χ1) is 7.77. The zero-order valence-corrected chi connectivity index (χ0v) is 9.59. The van der Waals surface area contributed by atoms with Gasteiger partial charge in [0, 0.05) is 18.4 Å². The number of ether oxygens (including phenoxy) is 1. The molecular weight excluding hydrogens is 206 g/mol. The Bertz CT molecular complexity index is 304. The Balaban J connectivity index is 2.58. The van der Waals surface area contributed by atoms with Gasteiger partial charge in [0.2, 0.25) is 0 Å². The van der Waals surface area contributed by atoms with Crippen molar-refractivity contribution in [1.29, 1.82) is 0 Å². The predicted octanol–water partition coefficient (Wildman–Crippen LogP) is 1.68. The molecule has 0 aliphatic heterocycles. The summed E-state index contributed by atoms with van der Waals surface area (Å²) in [7, 11) is 0. The van der Waals surface area contributed by atoms with Crippen molar-refractivity contribution >= 4 is 0 Å². The fraction of sp³-hybridized carbons (Fsp3) is 0.583. The standard InChI is InChI=1S/C12H19NO3/c1-2-6-16-11-7-10(8-13-9-11)12(15)4-3-5-14/h7-9,12,14-15H,2-6H2,1H3. The predicted molar refractivity (Wildman–Crippen MR) is 61.3 cm³/mol. The van der Waals surface area contributed by atoms with Gasteiger partial charge in [0.25, 0.3) is 0 Å². The highest BCUT2D eigenvalue weighted by atomic mass is 16.5. The van der Waals surface area contributed by atoms with Crippen LogP contribution in [0.25, 0.3) is 0 Å². The van der Waals surface area contributed by atoms with Crippen LogP contribution < -0.4 is 4.74 Å². The van der Waals surface area contributed by atoms with Crippen LogP contribution in [-0.2, 0) is 0 Å². The van der Waals surface area contributed by atoms with Crippen LogP contribution in [0.4, 0.5) is 0 Å². The maximum absolute atomic E-state index is 9.79. The first-order valence-corrected chi connectivity index (χ1v) is 5.64. The maximum Gasteiger partial charge on any atom is 0.137 e. The van der Waals surface area contributed by atoms with Crippen molar-refractivity contribution in [1.82, 2.24) is 4.98 Å². The van der Waals surface area contributed by atoms with Gasteiger partial charge in [-0.05, 0) is 25.3 Å². The summed E-state index contributed by atoms with van der Waals surface area (Å²) < 4.78 is 5.43. The van der Waals surface area contributed by atoms with Crippen molar-refractivity contribution in [2.24, 2.45) is 0 Å². The molecule has 0 saturated heterocycles. The van der Waals surface area contributed by atoms with E-state index >= 15 is 0 Å². The van der Waals surface area contributed by atoms with Gasteiger partial charge in [-0.25, -0.2) is 0 Å². The summed E-state index contributed by atoms with van der Waals surface area (Å²) >= 11 is 0. The molecule has 4 heteroatoms. The first kappa shape index (κ1) is 12.9. The minimum Gasteiger partial charge on any atom is -0.492 e. The normalized spacial score (nSPS) is 12.4. The maximum atomic E-state index is 9.79. The van der Waals surface area contributed by atoms with Crippen LogP contribution in [0.5, 0.6) is 5.75 Å². The van der Waals surface area contributed by atoms with Crippen molar-refractivity contribution in [2.45, 2.75) is 32.3 Å². The Morgan fingerprint density at radius 1 is 1.44 bits per heavy atom. The van der Waals surface area contributed by atoms with Crippen LogP contribution in [0.15, 0.2) is 18.5 Å². The van der Waals surface area contributed by atoms with E-state index in [2.05, 4.69) is 4.98 Å². The second kappa shape index (κ2) is 7.19. The van der Waals surface area contributed by atoms with Crippen LogP contribution in [0.2, 0.25) is 0 Å². The van der Waals surface area contributed by atoms with Gasteiger partial charge in [-0.1, -0.05) is 6.92 Å². The summed E-state index contributed by atoms with van der Waals surface area (Å²) in [6.45, 7) is 2.78. The average Bonchev–Trinajstić information content (AvgIpc) is 2.33. The van der Waals surface area contributed by atoms with E-state index in [-0.39, 0.29) is 6.61 Å². The monoisotopic (exact) mass is 225 g/mol.